The van der Waals surface area contributed by atoms with Gasteiger partial charge in [0.25, 0.3) is 0 Å². The van der Waals surface area contributed by atoms with Crippen molar-refractivity contribution in [3.05, 3.63) is 20.8 Å². The lowest BCUT2D eigenvalue weighted by Gasteiger charge is -2.27. The zero-order valence-electron chi connectivity index (χ0n) is 7.77. The highest BCUT2D eigenvalue weighted by Crippen LogP contribution is 2.30. The van der Waals surface area contributed by atoms with Crippen molar-refractivity contribution < 1.29 is 9.90 Å². The van der Waals surface area contributed by atoms with Crippen molar-refractivity contribution in [2.75, 3.05) is 11.5 Å². The van der Waals surface area contributed by atoms with Gasteiger partial charge in [0.15, 0.2) is 0 Å². The summed E-state index contributed by atoms with van der Waals surface area (Å²) in [5, 5.41) is 14.1. The minimum atomic E-state index is -0.761. The van der Waals surface area contributed by atoms with Gasteiger partial charge in [-0.2, -0.15) is 11.8 Å². The van der Waals surface area contributed by atoms with Crippen LogP contribution in [0.1, 0.15) is 10.9 Å². The molecule has 1 aliphatic heterocycles. The van der Waals surface area contributed by atoms with Crippen LogP contribution in [0.3, 0.4) is 0 Å². The first-order valence-corrected chi connectivity index (χ1v) is 7.30. The van der Waals surface area contributed by atoms with Crippen molar-refractivity contribution in [1.29, 1.82) is 0 Å². The standard InChI is InChI=1S/C9H10BrNO2S2/c10-5-1-8(15-2-5)6-3-14-4-7(11-6)9(12)13/h1-2,6-7,11H,3-4H2,(H,12,13). The van der Waals surface area contributed by atoms with Gasteiger partial charge >= 0.3 is 5.97 Å². The summed E-state index contributed by atoms with van der Waals surface area (Å²) in [6.45, 7) is 0. The number of nitrogens with one attached hydrogen (secondary N) is 1. The smallest absolute Gasteiger partial charge is 0.321 e. The maximum atomic E-state index is 10.9. The van der Waals surface area contributed by atoms with E-state index in [4.69, 9.17) is 5.11 Å². The molecule has 2 rings (SSSR count). The lowest BCUT2D eigenvalue weighted by atomic mass is 10.2. The van der Waals surface area contributed by atoms with Crippen molar-refractivity contribution in [3.8, 4) is 0 Å². The lowest BCUT2D eigenvalue weighted by molar-refractivity contribution is -0.139. The third-order valence-electron chi connectivity index (χ3n) is 2.20. The van der Waals surface area contributed by atoms with Crippen LogP contribution in [0.5, 0.6) is 0 Å². The quantitative estimate of drug-likeness (QED) is 0.880. The van der Waals surface area contributed by atoms with Crippen LogP contribution in [-0.2, 0) is 4.79 Å². The fourth-order valence-electron chi connectivity index (χ4n) is 1.46. The molecule has 1 aliphatic rings. The molecule has 1 fully saturated rings. The summed E-state index contributed by atoms with van der Waals surface area (Å²) in [4.78, 5) is 12.0. The molecule has 6 heteroatoms. The highest BCUT2D eigenvalue weighted by atomic mass is 79.9. The highest BCUT2D eigenvalue weighted by molar-refractivity contribution is 9.10. The van der Waals surface area contributed by atoms with Crippen LogP contribution in [0.2, 0.25) is 0 Å². The third kappa shape index (κ3) is 2.75. The van der Waals surface area contributed by atoms with Crippen molar-refractivity contribution >= 4 is 45.0 Å². The Morgan fingerprint density at radius 3 is 3.00 bits per heavy atom. The lowest BCUT2D eigenvalue weighted by Crippen LogP contribution is -2.45. The van der Waals surface area contributed by atoms with Crippen molar-refractivity contribution in [1.82, 2.24) is 5.32 Å². The molecule has 0 saturated carbocycles. The Hall–Kier alpha value is -0.0400. The number of carboxylic acid groups (broad SMARTS) is 1. The average molecular weight is 308 g/mol. The molecule has 1 saturated heterocycles. The SMILES string of the molecule is O=C(O)C1CSCC(c2cc(Br)cs2)N1. The fraction of sp³-hybridized carbons (Fsp3) is 0.444. The van der Waals surface area contributed by atoms with Gasteiger partial charge in [-0.15, -0.1) is 11.3 Å². The largest absolute Gasteiger partial charge is 0.480 e. The van der Waals surface area contributed by atoms with Gasteiger partial charge < -0.3 is 5.11 Å². The van der Waals surface area contributed by atoms with Crippen LogP contribution in [0.25, 0.3) is 0 Å². The Morgan fingerprint density at radius 2 is 2.40 bits per heavy atom. The van der Waals surface area contributed by atoms with Gasteiger partial charge in [0.1, 0.15) is 6.04 Å². The first-order valence-electron chi connectivity index (χ1n) is 4.47. The van der Waals surface area contributed by atoms with Gasteiger partial charge in [0, 0.05) is 26.2 Å². The van der Waals surface area contributed by atoms with Gasteiger partial charge in [0.05, 0.1) is 6.04 Å². The first-order chi connectivity index (χ1) is 7.16. The van der Waals surface area contributed by atoms with Crippen LogP contribution in [-0.4, -0.2) is 28.6 Å². The molecule has 2 N–H and O–H groups in total. The Labute approximate surface area is 104 Å². The fourth-order valence-corrected chi connectivity index (χ4v) is 4.19. The number of hydrogen-bond donors (Lipinski definition) is 2. The van der Waals surface area contributed by atoms with Gasteiger partial charge in [0.2, 0.25) is 0 Å². The third-order valence-corrected chi connectivity index (χ3v) is 5.15. The molecule has 0 amide bonds. The Bertz CT molecular complexity index is 369. The predicted octanol–water partition coefficient (Wildman–Crippen LogP) is 2.34. The van der Waals surface area contributed by atoms with Crippen LogP contribution in [0, 0.1) is 0 Å². The van der Waals surface area contributed by atoms with Crippen LogP contribution >= 0.6 is 39.0 Å². The van der Waals surface area contributed by atoms with Gasteiger partial charge in [-0.1, -0.05) is 0 Å². The predicted molar refractivity (Wildman–Crippen MR) is 66.6 cm³/mol. The molecule has 2 atom stereocenters. The van der Waals surface area contributed by atoms with Crippen LogP contribution in [0.15, 0.2) is 15.9 Å². The van der Waals surface area contributed by atoms with E-state index >= 15 is 0 Å². The molecule has 2 heterocycles. The van der Waals surface area contributed by atoms with E-state index < -0.39 is 12.0 Å². The number of thioether (sulfide) groups is 1. The van der Waals surface area contributed by atoms with Gasteiger partial charge in [-0.05, 0) is 22.0 Å². The van der Waals surface area contributed by atoms with E-state index in [0.29, 0.717) is 5.75 Å². The van der Waals surface area contributed by atoms with E-state index in [1.165, 1.54) is 4.88 Å². The van der Waals surface area contributed by atoms with E-state index in [2.05, 4.69) is 21.2 Å². The van der Waals surface area contributed by atoms with Gasteiger partial charge in [-0.3, -0.25) is 10.1 Å². The minimum absolute atomic E-state index is 0.168. The zero-order chi connectivity index (χ0) is 10.8. The molecule has 0 radical (unpaired) electrons. The number of rotatable bonds is 2. The van der Waals surface area contributed by atoms with E-state index in [-0.39, 0.29) is 6.04 Å². The summed E-state index contributed by atoms with van der Waals surface area (Å²) >= 11 is 6.75. The first kappa shape index (κ1) is 11.4. The number of carboxylic acids is 1. The summed E-state index contributed by atoms with van der Waals surface area (Å²) in [6, 6.07) is 1.79. The van der Waals surface area contributed by atoms with Crippen molar-refractivity contribution in [3.63, 3.8) is 0 Å². The van der Waals surface area contributed by atoms with Gasteiger partial charge in [-0.25, -0.2) is 0 Å². The molecule has 15 heavy (non-hydrogen) atoms. The molecule has 82 valence electrons. The molecule has 0 aromatic carbocycles. The number of halogens is 1. The molecule has 1 aromatic heterocycles. The maximum absolute atomic E-state index is 10.9. The maximum Gasteiger partial charge on any atom is 0.321 e. The number of carbonyl (C=O) groups is 1. The molecule has 3 nitrogen and oxygen atoms in total. The van der Waals surface area contributed by atoms with Crippen LogP contribution in [0.4, 0.5) is 0 Å². The summed E-state index contributed by atoms with van der Waals surface area (Å²) < 4.78 is 1.06. The molecule has 2 unspecified atom stereocenters. The van der Waals surface area contributed by atoms with E-state index in [0.717, 1.165) is 10.2 Å². The van der Waals surface area contributed by atoms with E-state index in [1.54, 1.807) is 23.1 Å². The molecular formula is C9H10BrNO2S2. The second-order valence-corrected chi connectivity index (χ2v) is 6.25. The topological polar surface area (TPSA) is 49.3 Å². The van der Waals surface area contributed by atoms with E-state index in [9.17, 15) is 4.79 Å². The Kier molecular flexibility index (Phi) is 3.71. The monoisotopic (exact) mass is 307 g/mol. The number of hydrogen-bond acceptors (Lipinski definition) is 4. The van der Waals surface area contributed by atoms with Crippen molar-refractivity contribution in [2.24, 2.45) is 0 Å². The minimum Gasteiger partial charge on any atom is -0.480 e. The highest BCUT2D eigenvalue weighted by Gasteiger charge is 2.27. The summed E-state index contributed by atoms with van der Waals surface area (Å²) in [5.41, 5.74) is 0. The normalized spacial score (nSPS) is 26.5. The summed E-state index contributed by atoms with van der Waals surface area (Å²) in [6.07, 6.45) is 0. The van der Waals surface area contributed by atoms with Crippen LogP contribution < -0.4 is 5.32 Å². The second-order valence-electron chi connectivity index (χ2n) is 3.31. The molecule has 0 bridgehead atoms. The Morgan fingerprint density at radius 1 is 1.60 bits per heavy atom. The van der Waals surface area contributed by atoms with E-state index in [1.807, 2.05) is 11.4 Å². The Balaban J connectivity index is 2.07. The summed E-state index contributed by atoms with van der Waals surface area (Å²) in [7, 11) is 0. The molecule has 0 spiro atoms. The molecule has 1 aromatic rings. The summed E-state index contributed by atoms with van der Waals surface area (Å²) in [5.74, 6) is 0.831. The molecule has 0 aliphatic carbocycles. The number of aliphatic carboxylic acids is 1. The zero-order valence-corrected chi connectivity index (χ0v) is 11.0. The average Bonchev–Trinajstić information content (AvgIpc) is 2.65. The second kappa shape index (κ2) is 4.86. The number of thiophene rings is 1. The van der Waals surface area contributed by atoms with Crippen molar-refractivity contribution in [2.45, 2.75) is 12.1 Å². The molecular weight excluding hydrogens is 298 g/mol.